The number of ether oxygens (including phenoxy) is 1. The van der Waals surface area contributed by atoms with Crippen LogP contribution >= 0.6 is 11.8 Å². The average Bonchev–Trinajstić information content (AvgIpc) is 3.38. The summed E-state index contributed by atoms with van der Waals surface area (Å²) in [6.07, 6.45) is 0. The fourth-order valence-electron chi connectivity index (χ4n) is 4.36. The molecule has 0 aliphatic carbocycles. The molecule has 9 nitrogen and oxygen atoms in total. The van der Waals surface area contributed by atoms with Gasteiger partial charge in [-0.25, -0.2) is 8.42 Å². The number of para-hydroxylation sites is 1. The Bertz CT molecular complexity index is 1600. The molecule has 2 heterocycles. The minimum atomic E-state index is -3.70. The molecule has 208 valence electrons. The maximum absolute atomic E-state index is 13.4. The van der Waals surface area contributed by atoms with Crippen molar-refractivity contribution >= 4 is 33.4 Å². The normalized spacial score (nSPS) is 15.1. The molecule has 11 heteroatoms. The standard InChI is InChI=1S/C29H31N5O4S2/c1-20-9-12-23(13-10-20)30-28(35)22(3)39-29-32-31-27(34(29)24-7-5-4-6-8-24)26-19-25(14-11-21(26)2)40(36,37)33-15-17-38-18-16-33/h4-14,19,22H,15-18H2,1-3H3,(H,30,35)/t22-/m0/s1. The van der Waals surface area contributed by atoms with Crippen LogP contribution < -0.4 is 5.32 Å². The quantitative estimate of drug-likeness (QED) is 0.303. The van der Waals surface area contributed by atoms with Crippen LogP contribution in [-0.4, -0.2) is 64.9 Å². The molecule has 4 aromatic rings. The van der Waals surface area contributed by atoms with Crippen LogP contribution in [-0.2, 0) is 19.6 Å². The van der Waals surface area contributed by atoms with Gasteiger partial charge in [-0.2, -0.15) is 4.31 Å². The van der Waals surface area contributed by atoms with Gasteiger partial charge in [0.15, 0.2) is 11.0 Å². The Hall–Kier alpha value is -3.51. The van der Waals surface area contributed by atoms with E-state index in [2.05, 4.69) is 15.5 Å². The number of anilines is 1. The van der Waals surface area contributed by atoms with E-state index < -0.39 is 15.3 Å². The van der Waals surface area contributed by atoms with E-state index in [4.69, 9.17) is 4.74 Å². The van der Waals surface area contributed by atoms with E-state index in [1.54, 1.807) is 18.2 Å². The maximum atomic E-state index is 13.4. The van der Waals surface area contributed by atoms with Gasteiger partial charge in [-0.3, -0.25) is 9.36 Å². The molecule has 1 saturated heterocycles. The summed E-state index contributed by atoms with van der Waals surface area (Å²) < 4.78 is 35.5. The smallest absolute Gasteiger partial charge is 0.243 e. The van der Waals surface area contributed by atoms with Crippen LogP contribution in [0.3, 0.4) is 0 Å². The van der Waals surface area contributed by atoms with Crippen LogP contribution in [0.4, 0.5) is 5.69 Å². The van der Waals surface area contributed by atoms with Gasteiger partial charge >= 0.3 is 0 Å². The average molecular weight is 578 g/mol. The zero-order valence-corrected chi connectivity index (χ0v) is 24.2. The van der Waals surface area contributed by atoms with Gasteiger partial charge in [0.2, 0.25) is 15.9 Å². The molecule has 5 rings (SSSR count). The van der Waals surface area contributed by atoms with Crippen molar-refractivity contribution in [1.29, 1.82) is 0 Å². The summed E-state index contributed by atoms with van der Waals surface area (Å²) in [7, 11) is -3.70. The first-order valence-corrected chi connectivity index (χ1v) is 15.3. The Kier molecular flexibility index (Phi) is 8.36. The number of carbonyl (C=O) groups is 1. The van der Waals surface area contributed by atoms with E-state index >= 15 is 0 Å². The Balaban J connectivity index is 1.50. The van der Waals surface area contributed by atoms with Gasteiger partial charge in [0.05, 0.1) is 23.4 Å². The topological polar surface area (TPSA) is 106 Å². The minimum Gasteiger partial charge on any atom is -0.379 e. The predicted molar refractivity (Wildman–Crippen MR) is 156 cm³/mol. The van der Waals surface area contributed by atoms with Gasteiger partial charge < -0.3 is 10.1 Å². The number of rotatable bonds is 8. The largest absolute Gasteiger partial charge is 0.379 e. The molecule has 0 unspecified atom stereocenters. The fourth-order valence-corrected chi connectivity index (χ4v) is 6.66. The SMILES string of the molecule is Cc1ccc(NC(=O)[C@H](C)Sc2nnc(-c3cc(S(=O)(=O)N4CCOCC4)ccc3C)n2-c2ccccc2)cc1. The summed E-state index contributed by atoms with van der Waals surface area (Å²) in [4.78, 5) is 13.2. The van der Waals surface area contributed by atoms with Crippen molar-refractivity contribution in [1.82, 2.24) is 19.1 Å². The van der Waals surface area contributed by atoms with E-state index in [9.17, 15) is 13.2 Å². The van der Waals surface area contributed by atoms with E-state index in [0.29, 0.717) is 42.8 Å². The van der Waals surface area contributed by atoms with Crippen LogP contribution in [0, 0.1) is 13.8 Å². The number of hydrogen-bond donors (Lipinski definition) is 1. The molecule has 0 spiro atoms. The van der Waals surface area contributed by atoms with Gasteiger partial charge in [-0.1, -0.05) is 53.7 Å². The summed E-state index contributed by atoms with van der Waals surface area (Å²) in [5.74, 6) is 0.337. The molecule has 0 saturated carbocycles. The molecule has 1 aromatic heterocycles. The number of nitrogens with one attached hydrogen (secondary N) is 1. The molecule has 0 radical (unpaired) electrons. The first kappa shape index (κ1) is 28.0. The third-order valence-corrected chi connectivity index (χ3v) is 9.61. The van der Waals surface area contributed by atoms with Gasteiger partial charge in [-0.05, 0) is 62.7 Å². The Morgan fingerprint density at radius 1 is 0.975 bits per heavy atom. The van der Waals surface area contributed by atoms with E-state index in [1.165, 1.54) is 16.1 Å². The summed E-state index contributed by atoms with van der Waals surface area (Å²) in [5.41, 5.74) is 4.14. The molecule has 1 aliphatic heterocycles. The summed E-state index contributed by atoms with van der Waals surface area (Å²) in [6.45, 7) is 7.10. The number of amides is 1. The zero-order chi connectivity index (χ0) is 28.3. The maximum Gasteiger partial charge on any atom is 0.243 e. The molecule has 40 heavy (non-hydrogen) atoms. The van der Waals surface area contributed by atoms with Gasteiger partial charge in [-0.15, -0.1) is 10.2 Å². The first-order valence-electron chi connectivity index (χ1n) is 13.0. The van der Waals surface area contributed by atoms with Crippen molar-refractivity contribution in [3.63, 3.8) is 0 Å². The minimum absolute atomic E-state index is 0.159. The monoisotopic (exact) mass is 577 g/mol. The third kappa shape index (κ3) is 5.97. The van der Waals surface area contributed by atoms with Crippen molar-refractivity contribution in [3.8, 4) is 17.1 Å². The zero-order valence-electron chi connectivity index (χ0n) is 22.6. The van der Waals surface area contributed by atoms with Crippen molar-refractivity contribution < 1.29 is 17.9 Å². The number of nitrogens with zero attached hydrogens (tertiary/aromatic N) is 4. The summed E-state index contributed by atoms with van der Waals surface area (Å²) in [6, 6.07) is 22.3. The molecule has 1 fully saturated rings. The lowest BCUT2D eigenvalue weighted by Gasteiger charge is -2.26. The molecular weight excluding hydrogens is 546 g/mol. The number of sulfonamides is 1. The lowest BCUT2D eigenvalue weighted by Crippen LogP contribution is -2.40. The Labute approximate surface area is 238 Å². The van der Waals surface area contributed by atoms with Gasteiger partial charge in [0.25, 0.3) is 0 Å². The predicted octanol–water partition coefficient (Wildman–Crippen LogP) is 4.69. The molecule has 1 atom stereocenters. The second-order valence-corrected chi connectivity index (χ2v) is 12.8. The van der Waals surface area contributed by atoms with Gasteiger partial charge in [0, 0.05) is 30.0 Å². The van der Waals surface area contributed by atoms with Gasteiger partial charge in [0.1, 0.15) is 0 Å². The lowest BCUT2D eigenvalue weighted by atomic mass is 10.1. The number of thioether (sulfide) groups is 1. The lowest BCUT2D eigenvalue weighted by molar-refractivity contribution is -0.115. The van der Waals surface area contributed by atoms with Crippen LogP contribution in [0.1, 0.15) is 18.1 Å². The second-order valence-electron chi connectivity index (χ2n) is 9.59. The number of benzene rings is 3. The van der Waals surface area contributed by atoms with Crippen LogP contribution in [0.15, 0.2) is 82.8 Å². The Morgan fingerprint density at radius 2 is 1.68 bits per heavy atom. The van der Waals surface area contributed by atoms with Crippen molar-refractivity contribution in [2.45, 2.75) is 36.1 Å². The second kappa shape index (κ2) is 11.9. The van der Waals surface area contributed by atoms with E-state index in [-0.39, 0.29) is 10.8 Å². The number of aryl methyl sites for hydroxylation is 2. The van der Waals surface area contributed by atoms with Crippen molar-refractivity contribution in [3.05, 3.63) is 83.9 Å². The van der Waals surface area contributed by atoms with Crippen LogP contribution in [0.2, 0.25) is 0 Å². The van der Waals surface area contributed by atoms with E-state index in [0.717, 1.165) is 22.5 Å². The highest BCUT2D eigenvalue weighted by atomic mass is 32.2. The summed E-state index contributed by atoms with van der Waals surface area (Å²) in [5, 5.41) is 11.9. The molecule has 3 aromatic carbocycles. The van der Waals surface area contributed by atoms with Crippen LogP contribution in [0.25, 0.3) is 17.1 Å². The Morgan fingerprint density at radius 3 is 2.38 bits per heavy atom. The third-order valence-electron chi connectivity index (χ3n) is 6.68. The molecule has 1 amide bonds. The molecule has 1 N–H and O–H groups in total. The fraction of sp³-hybridized carbons (Fsp3) is 0.276. The van der Waals surface area contributed by atoms with Crippen LogP contribution in [0.5, 0.6) is 0 Å². The van der Waals surface area contributed by atoms with Crippen molar-refractivity contribution in [2.75, 3.05) is 31.6 Å². The highest BCUT2D eigenvalue weighted by Gasteiger charge is 2.28. The molecule has 1 aliphatic rings. The molecule has 0 bridgehead atoms. The molecular formula is C29H31N5O4S2. The number of morpholine rings is 1. The van der Waals surface area contributed by atoms with E-state index in [1.807, 2.05) is 79.9 Å². The number of hydrogen-bond acceptors (Lipinski definition) is 7. The highest BCUT2D eigenvalue weighted by molar-refractivity contribution is 8.00. The highest BCUT2D eigenvalue weighted by Crippen LogP contribution is 2.33. The van der Waals surface area contributed by atoms with Crippen molar-refractivity contribution in [2.24, 2.45) is 0 Å². The number of aromatic nitrogens is 3. The number of carbonyl (C=O) groups excluding carboxylic acids is 1. The first-order chi connectivity index (χ1) is 19.2. The summed E-state index contributed by atoms with van der Waals surface area (Å²) >= 11 is 1.29.